The van der Waals surface area contributed by atoms with Gasteiger partial charge in [-0.05, 0) is 12.2 Å². The maximum absolute atomic E-state index is 11.0. The van der Waals surface area contributed by atoms with Gasteiger partial charge in [-0.3, -0.25) is 9.86 Å². The fraction of sp³-hybridized carbons (Fsp3) is 0. The summed E-state index contributed by atoms with van der Waals surface area (Å²) in [5.74, 6) is -1.18. The number of hydroxylamine groups is 2. The fourth-order valence-electron chi connectivity index (χ4n) is 0.820. The van der Waals surface area contributed by atoms with Gasteiger partial charge in [0.2, 0.25) is 5.78 Å². The largest absolute Gasteiger partial charge is 0.621 e. The van der Waals surface area contributed by atoms with Crippen LogP contribution >= 0.6 is 0 Å². The summed E-state index contributed by atoms with van der Waals surface area (Å²) in [7, 11) is 0. The maximum atomic E-state index is 11.0. The molecule has 1 N–H and O–H groups in total. The Morgan fingerprint density at radius 3 is 2.92 bits per heavy atom. The number of carbonyl (C=O) groups is 2. The van der Waals surface area contributed by atoms with E-state index in [0.717, 1.165) is 12.2 Å². The summed E-state index contributed by atoms with van der Waals surface area (Å²) < 4.78 is 0. The van der Waals surface area contributed by atoms with Crippen molar-refractivity contribution in [3.05, 3.63) is 41.8 Å². The van der Waals surface area contributed by atoms with Gasteiger partial charge in [0.1, 0.15) is 0 Å². The molecule has 1 heterocycles. The van der Waals surface area contributed by atoms with Crippen LogP contribution in [0.1, 0.15) is 0 Å². The summed E-state index contributed by atoms with van der Waals surface area (Å²) in [6, 6.07) is 0. The van der Waals surface area contributed by atoms with E-state index in [4.69, 9.17) is 0 Å². The highest BCUT2D eigenvalue weighted by molar-refractivity contribution is 6.04. The zero-order valence-corrected chi connectivity index (χ0v) is 6.24. The lowest BCUT2D eigenvalue weighted by molar-refractivity contribution is -0.712. The van der Waals surface area contributed by atoms with Crippen molar-refractivity contribution in [1.29, 1.82) is 0 Å². The summed E-state index contributed by atoms with van der Waals surface area (Å²) in [4.78, 5) is 21.7. The zero-order valence-electron chi connectivity index (χ0n) is 6.24. The zero-order chi connectivity index (χ0) is 9.14. The fourth-order valence-corrected chi connectivity index (χ4v) is 0.820. The second-order valence-corrected chi connectivity index (χ2v) is 2.20. The van der Waals surface area contributed by atoms with Crippen molar-refractivity contribution in [2.75, 3.05) is 0 Å². The first-order chi connectivity index (χ1) is 5.66. The lowest BCUT2D eigenvalue weighted by Crippen LogP contribution is -3.09. The van der Waals surface area contributed by atoms with Gasteiger partial charge in [0.15, 0.2) is 5.70 Å². The molecular weight excluding hydrogens is 158 g/mol. The molecule has 4 heteroatoms. The molecule has 0 radical (unpaired) electrons. The van der Waals surface area contributed by atoms with Crippen LogP contribution in [-0.4, -0.2) is 11.7 Å². The number of ketones is 1. The first-order valence-corrected chi connectivity index (χ1v) is 3.30. The van der Waals surface area contributed by atoms with Crippen molar-refractivity contribution in [3.63, 3.8) is 0 Å². The average molecular weight is 165 g/mol. The molecule has 0 bridgehead atoms. The molecule has 0 aromatic rings. The SMILES string of the molecule is C=CC(=O)C1=CC=CC(=O)[NH+]1[O-]. The van der Waals surface area contributed by atoms with Crippen LogP contribution < -0.4 is 5.06 Å². The Kier molecular flexibility index (Phi) is 2.32. The van der Waals surface area contributed by atoms with Crippen LogP contribution in [-0.2, 0) is 9.59 Å². The number of hydrogen-bond acceptors (Lipinski definition) is 3. The van der Waals surface area contributed by atoms with Crippen LogP contribution in [0.4, 0.5) is 0 Å². The molecule has 0 saturated carbocycles. The monoisotopic (exact) mass is 165 g/mol. The van der Waals surface area contributed by atoms with Gasteiger partial charge < -0.3 is 5.21 Å². The third kappa shape index (κ3) is 1.39. The maximum Gasteiger partial charge on any atom is 0.342 e. The Bertz CT molecular complexity index is 301. The highest BCUT2D eigenvalue weighted by Crippen LogP contribution is 1.93. The Morgan fingerprint density at radius 1 is 1.67 bits per heavy atom. The second-order valence-electron chi connectivity index (χ2n) is 2.20. The van der Waals surface area contributed by atoms with E-state index < -0.39 is 16.8 Å². The number of hydrogen-bond donors (Lipinski definition) is 1. The van der Waals surface area contributed by atoms with Crippen LogP contribution in [0.2, 0.25) is 0 Å². The number of allylic oxidation sites excluding steroid dienone is 3. The molecule has 0 aromatic carbocycles. The summed E-state index contributed by atoms with van der Waals surface area (Å²) >= 11 is 0. The van der Waals surface area contributed by atoms with Gasteiger partial charge in [0.05, 0.1) is 0 Å². The molecule has 0 spiro atoms. The van der Waals surface area contributed by atoms with Crippen LogP contribution in [0.5, 0.6) is 0 Å². The van der Waals surface area contributed by atoms with Crippen LogP contribution in [0.25, 0.3) is 0 Å². The molecule has 0 aliphatic carbocycles. The van der Waals surface area contributed by atoms with Crippen molar-refractivity contribution in [1.82, 2.24) is 0 Å². The van der Waals surface area contributed by atoms with E-state index >= 15 is 0 Å². The van der Waals surface area contributed by atoms with Gasteiger partial charge in [-0.15, -0.1) is 0 Å². The van der Waals surface area contributed by atoms with E-state index in [1.807, 2.05) is 0 Å². The van der Waals surface area contributed by atoms with Gasteiger partial charge in [0, 0.05) is 12.2 Å². The Labute approximate surface area is 69.1 Å². The average Bonchev–Trinajstić information content (AvgIpc) is 2.08. The topological polar surface area (TPSA) is 61.6 Å². The third-order valence-electron chi connectivity index (χ3n) is 1.43. The van der Waals surface area contributed by atoms with Crippen LogP contribution in [0, 0.1) is 5.21 Å². The minimum absolute atomic E-state index is 0.113. The quantitative estimate of drug-likeness (QED) is 0.426. The molecule has 4 nitrogen and oxygen atoms in total. The third-order valence-corrected chi connectivity index (χ3v) is 1.43. The molecule has 62 valence electrons. The normalized spacial score (nSPS) is 21.9. The lowest BCUT2D eigenvalue weighted by Gasteiger charge is -2.20. The molecular formula is C8H7NO3. The Morgan fingerprint density at radius 2 is 2.33 bits per heavy atom. The van der Waals surface area contributed by atoms with Gasteiger partial charge in [-0.2, -0.15) is 0 Å². The minimum Gasteiger partial charge on any atom is -0.621 e. The van der Waals surface area contributed by atoms with E-state index in [1.54, 1.807) is 0 Å². The van der Waals surface area contributed by atoms with Crippen molar-refractivity contribution in [3.8, 4) is 0 Å². The van der Waals surface area contributed by atoms with Gasteiger partial charge >= 0.3 is 5.91 Å². The predicted octanol–water partition coefficient (Wildman–Crippen LogP) is -0.895. The molecule has 1 amide bonds. The molecule has 0 aromatic heterocycles. The summed E-state index contributed by atoms with van der Waals surface area (Å²) in [5.41, 5.74) is -0.113. The van der Waals surface area contributed by atoms with Crippen LogP contribution in [0.3, 0.4) is 0 Å². The van der Waals surface area contributed by atoms with Gasteiger partial charge in [-0.1, -0.05) is 6.58 Å². The first kappa shape index (κ1) is 8.58. The van der Waals surface area contributed by atoms with Gasteiger partial charge in [-0.25, -0.2) is 4.79 Å². The first-order valence-electron chi connectivity index (χ1n) is 3.30. The highest BCUT2D eigenvalue weighted by atomic mass is 16.5. The van der Waals surface area contributed by atoms with Crippen molar-refractivity contribution >= 4 is 11.7 Å². The van der Waals surface area contributed by atoms with E-state index in [2.05, 4.69) is 6.58 Å². The predicted molar refractivity (Wildman–Crippen MR) is 41.8 cm³/mol. The van der Waals surface area contributed by atoms with E-state index in [0.29, 0.717) is 0 Å². The molecule has 0 fully saturated rings. The Balaban J connectivity index is 2.97. The van der Waals surface area contributed by atoms with Gasteiger partial charge in [0.25, 0.3) is 0 Å². The van der Waals surface area contributed by atoms with Crippen molar-refractivity contribution < 1.29 is 14.7 Å². The molecule has 0 saturated heterocycles. The molecule has 12 heavy (non-hydrogen) atoms. The van der Waals surface area contributed by atoms with E-state index in [9.17, 15) is 14.8 Å². The number of rotatable bonds is 2. The standard InChI is InChI=1S/C8H7NO3/c1-2-7(10)6-4-3-5-8(11)9(6)12/h2-5,9H,1H2. The second kappa shape index (κ2) is 3.25. The number of carbonyl (C=O) groups excluding carboxylic acids is 2. The molecule has 1 aliphatic heterocycles. The molecule has 1 rings (SSSR count). The minimum atomic E-state index is -0.762. The smallest absolute Gasteiger partial charge is 0.342 e. The van der Waals surface area contributed by atoms with Crippen LogP contribution in [0.15, 0.2) is 36.6 Å². The van der Waals surface area contributed by atoms with E-state index in [1.165, 1.54) is 12.2 Å². The summed E-state index contributed by atoms with van der Waals surface area (Å²) in [6.07, 6.45) is 4.83. The summed E-state index contributed by atoms with van der Waals surface area (Å²) in [6.45, 7) is 3.22. The Hall–Kier alpha value is -1.52. The number of nitrogens with one attached hydrogen (secondary N) is 1. The number of amides is 1. The summed E-state index contributed by atoms with van der Waals surface area (Å²) in [5, 5.41) is 10.2. The molecule has 1 aliphatic rings. The highest BCUT2D eigenvalue weighted by Gasteiger charge is 2.21. The molecule has 1 unspecified atom stereocenters. The van der Waals surface area contributed by atoms with Crippen molar-refractivity contribution in [2.24, 2.45) is 0 Å². The molecule has 1 atom stereocenters. The number of quaternary nitrogens is 1. The van der Waals surface area contributed by atoms with Crippen molar-refractivity contribution in [2.45, 2.75) is 0 Å². The van der Waals surface area contributed by atoms with E-state index in [-0.39, 0.29) is 5.70 Å². The lowest BCUT2D eigenvalue weighted by atomic mass is 10.2.